The Morgan fingerprint density at radius 3 is 2.82 bits per heavy atom. The highest BCUT2D eigenvalue weighted by atomic mass is 35.5. The van der Waals surface area contributed by atoms with Crippen LogP contribution >= 0.6 is 23.2 Å². The van der Waals surface area contributed by atoms with E-state index >= 15 is 0 Å². The molecule has 0 bridgehead atoms. The Morgan fingerprint density at radius 1 is 1.32 bits per heavy atom. The standard InChI is InChI=1S/C19H19Cl2N3O4/c1-12(25)24-10-14(23-28-11-13-4-5-16(20)17(21)7-13)8-18(24)19(26)22-9-15-3-2-6-27-15/h2-7,18H,8-11H2,1H3,(H,22,26)/b23-14+/t18-/m0/s1. The fraction of sp³-hybridized carbons (Fsp3) is 0.316. The van der Waals surface area contributed by atoms with Gasteiger partial charge in [-0.25, -0.2) is 0 Å². The van der Waals surface area contributed by atoms with E-state index in [1.807, 2.05) is 0 Å². The van der Waals surface area contributed by atoms with Crippen molar-refractivity contribution in [3.63, 3.8) is 0 Å². The molecular weight excluding hydrogens is 405 g/mol. The molecule has 1 aliphatic heterocycles. The minimum Gasteiger partial charge on any atom is -0.467 e. The summed E-state index contributed by atoms with van der Waals surface area (Å²) in [5.41, 5.74) is 1.43. The molecule has 1 aromatic carbocycles. The number of carbonyl (C=O) groups excluding carboxylic acids is 2. The molecule has 1 N–H and O–H groups in total. The first kappa shape index (κ1) is 20.2. The van der Waals surface area contributed by atoms with Gasteiger partial charge in [0.05, 0.1) is 35.1 Å². The molecule has 0 saturated carbocycles. The van der Waals surface area contributed by atoms with E-state index in [1.54, 1.807) is 30.3 Å². The molecule has 9 heteroatoms. The molecule has 1 saturated heterocycles. The monoisotopic (exact) mass is 423 g/mol. The van der Waals surface area contributed by atoms with E-state index in [0.717, 1.165) is 5.56 Å². The number of rotatable bonds is 6. The summed E-state index contributed by atoms with van der Waals surface area (Å²) in [6.45, 7) is 2.13. The number of furan rings is 1. The fourth-order valence-corrected chi connectivity index (χ4v) is 3.19. The maximum Gasteiger partial charge on any atom is 0.243 e. The third kappa shape index (κ3) is 5.05. The summed E-state index contributed by atoms with van der Waals surface area (Å²) in [4.78, 5) is 31.3. The molecule has 148 valence electrons. The predicted octanol–water partition coefficient (Wildman–Crippen LogP) is 3.40. The third-order valence-electron chi connectivity index (χ3n) is 4.29. The number of carbonyl (C=O) groups is 2. The highest BCUT2D eigenvalue weighted by molar-refractivity contribution is 6.42. The number of likely N-dealkylation sites (tertiary alicyclic amines) is 1. The van der Waals surface area contributed by atoms with Crippen LogP contribution in [0.5, 0.6) is 0 Å². The summed E-state index contributed by atoms with van der Waals surface area (Å²) in [6.07, 6.45) is 1.85. The first-order chi connectivity index (χ1) is 13.4. The van der Waals surface area contributed by atoms with Gasteiger partial charge in [0, 0.05) is 13.3 Å². The Kier molecular flexibility index (Phi) is 6.59. The van der Waals surface area contributed by atoms with Crippen molar-refractivity contribution in [1.82, 2.24) is 10.2 Å². The summed E-state index contributed by atoms with van der Waals surface area (Å²) < 4.78 is 5.20. The molecule has 1 aromatic heterocycles. The van der Waals surface area contributed by atoms with Crippen LogP contribution in [-0.2, 0) is 27.6 Å². The van der Waals surface area contributed by atoms with Crippen molar-refractivity contribution >= 4 is 40.7 Å². The van der Waals surface area contributed by atoms with Crippen LogP contribution in [0, 0.1) is 0 Å². The van der Waals surface area contributed by atoms with E-state index in [0.29, 0.717) is 27.9 Å². The number of benzene rings is 1. The Morgan fingerprint density at radius 2 is 2.14 bits per heavy atom. The van der Waals surface area contributed by atoms with Gasteiger partial charge in [-0.2, -0.15) is 0 Å². The SMILES string of the molecule is CC(=O)N1C/C(=N/OCc2ccc(Cl)c(Cl)c2)C[C@H]1C(=O)NCc1ccco1. The lowest BCUT2D eigenvalue weighted by molar-refractivity contribution is -0.136. The van der Waals surface area contributed by atoms with Crippen LogP contribution in [0.2, 0.25) is 10.0 Å². The van der Waals surface area contributed by atoms with Crippen LogP contribution in [0.4, 0.5) is 0 Å². The van der Waals surface area contributed by atoms with Crippen LogP contribution in [0.1, 0.15) is 24.7 Å². The molecule has 28 heavy (non-hydrogen) atoms. The lowest BCUT2D eigenvalue weighted by Gasteiger charge is -2.21. The van der Waals surface area contributed by atoms with Crippen molar-refractivity contribution in [2.24, 2.45) is 5.16 Å². The Balaban J connectivity index is 1.58. The third-order valence-corrected chi connectivity index (χ3v) is 5.03. The summed E-state index contributed by atoms with van der Waals surface area (Å²) in [5, 5.41) is 7.77. The average Bonchev–Trinajstić information content (AvgIpc) is 3.32. The van der Waals surface area contributed by atoms with Crippen LogP contribution in [0.3, 0.4) is 0 Å². The highest BCUT2D eigenvalue weighted by Gasteiger charge is 2.36. The molecule has 1 aliphatic rings. The van der Waals surface area contributed by atoms with E-state index in [1.165, 1.54) is 18.1 Å². The molecule has 2 aromatic rings. The number of nitrogens with one attached hydrogen (secondary N) is 1. The molecule has 3 rings (SSSR count). The van der Waals surface area contributed by atoms with Gasteiger partial charge in [0.25, 0.3) is 0 Å². The molecule has 0 radical (unpaired) electrons. The maximum atomic E-state index is 12.5. The van der Waals surface area contributed by atoms with Crippen LogP contribution in [-0.4, -0.2) is 35.0 Å². The second kappa shape index (κ2) is 9.12. The molecule has 0 unspecified atom stereocenters. The zero-order valence-electron chi connectivity index (χ0n) is 15.2. The smallest absolute Gasteiger partial charge is 0.243 e. The van der Waals surface area contributed by atoms with Crippen molar-refractivity contribution in [3.8, 4) is 0 Å². The molecule has 0 spiro atoms. The molecular formula is C19H19Cl2N3O4. The summed E-state index contributed by atoms with van der Waals surface area (Å²) in [5.74, 6) is 0.175. The van der Waals surface area contributed by atoms with Crippen molar-refractivity contribution in [2.45, 2.75) is 32.5 Å². The van der Waals surface area contributed by atoms with Crippen molar-refractivity contribution in [2.75, 3.05) is 6.54 Å². The van der Waals surface area contributed by atoms with Gasteiger partial charge in [0.2, 0.25) is 11.8 Å². The van der Waals surface area contributed by atoms with Gasteiger partial charge in [0.15, 0.2) is 0 Å². The Bertz CT molecular complexity index is 883. The van der Waals surface area contributed by atoms with Gasteiger partial charge < -0.3 is 19.5 Å². The molecule has 0 aliphatic carbocycles. The van der Waals surface area contributed by atoms with Crippen molar-refractivity contribution < 1.29 is 18.8 Å². The number of oxime groups is 1. The first-order valence-electron chi connectivity index (χ1n) is 8.63. The topological polar surface area (TPSA) is 84.1 Å². The molecule has 1 fully saturated rings. The number of hydrogen-bond acceptors (Lipinski definition) is 5. The fourth-order valence-electron chi connectivity index (χ4n) is 2.87. The zero-order chi connectivity index (χ0) is 20.1. The van der Waals surface area contributed by atoms with Gasteiger partial charge in [-0.3, -0.25) is 9.59 Å². The number of halogens is 2. The molecule has 1 atom stereocenters. The molecule has 2 amide bonds. The van der Waals surface area contributed by atoms with E-state index in [2.05, 4.69) is 10.5 Å². The number of nitrogens with zero attached hydrogens (tertiary/aromatic N) is 2. The van der Waals surface area contributed by atoms with E-state index < -0.39 is 6.04 Å². The lowest BCUT2D eigenvalue weighted by Crippen LogP contribution is -2.44. The largest absolute Gasteiger partial charge is 0.467 e. The first-order valence-corrected chi connectivity index (χ1v) is 9.38. The van der Waals surface area contributed by atoms with Crippen LogP contribution in [0.15, 0.2) is 46.2 Å². The van der Waals surface area contributed by atoms with E-state index in [4.69, 9.17) is 32.5 Å². The zero-order valence-corrected chi connectivity index (χ0v) is 16.7. The second-order valence-electron chi connectivity index (χ2n) is 6.34. The minimum absolute atomic E-state index is 0.201. The predicted molar refractivity (Wildman–Crippen MR) is 105 cm³/mol. The summed E-state index contributed by atoms with van der Waals surface area (Å²) in [7, 11) is 0. The Labute approximate surface area is 172 Å². The van der Waals surface area contributed by atoms with Gasteiger partial charge in [0.1, 0.15) is 18.4 Å². The second-order valence-corrected chi connectivity index (χ2v) is 7.16. The van der Waals surface area contributed by atoms with Gasteiger partial charge in [-0.1, -0.05) is 34.4 Å². The highest BCUT2D eigenvalue weighted by Crippen LogP contribution is 2.23. The van der Waals surface area contributed by atoms with Crippen molar-refractivity contribution in [1.29, 1.82) is 0 Å². The molecule has 2 heterocycles. The lowest BCUT2D eigenvalue weighted by atomic mass is 10.2. The molecule has 7 nitrogen and oxygen atoms in total. The summed E-state index contributed by atoms with van der Waals surface area (Å²) in [6, 6.07) is 8.06. The average molecular weight is 424 g/mol. The Hall–Kier alpha value is -2.51. The quantitative estimate of drug-likeness (QED) is 0.721. The van der Waals surface area contributed by atoms with Gasteiger partial charge >= 0.3 is 0 Å². The minimum atomic E-state index is -0.625. The van der Waals surface area contributed by atoms with Gasteiger partial charge in [-0.05, 0) is 29.8 Å². The van der Waals surface area contributed by atoms with Crippen LogP contribution in [0.25, 0.3) is 0 Å². The van der Waals surface area contributed by atoms with Gasteiger partial charge in [-0.15, -0.1) is 0 Å². The number of hydrogen-bond donors (Lipinski definition) is 1. The normalized spacial score (nSPS) is 17.8. The maximum absolute atomic E-state index is 12.5. The number of amides is 2. The van der Waals surface area contributed by atoms with E-state index in [-0.39, 0.29) is 31.5 Å². The summed E-state index contributed by atoms with van der Waals surface area (Å²) >= 11 is 11.9. The van der Waals surface area contributed by atoms with Crippen LogP contribution < -0.4 is 5.32 Å². The van der Waals surface area contributed by atoms with E-state index in [9.17, 15) is 9.59 Å². The van der Waals surface area contributed by atoms with Crippen molar-refractivity contribution in [3.05, 3.63) is 58.0 Å².